The second-order valence-electron chi connectivity index (χ2n) is 3.61. The Morgan fingerprint density at radius 3 is 2.38 bits per heavy atom. The number of aliphatic hydroxyl groups excluding tert-OH is 1. The fourth-order valence-electron chi connectivity index (χ4n) is 1.37. The Balaban J connectivity index is 2.41. The van der Waals surface area contributed by atoms with Gasteiger partial charge in [-0.1, -0.05) is 30.3 Å². The van der Waals surface area contributed by atoms with Crippen molar-refractivity contribution in [2.75, 3.05) is 20.6 Å². The minimum absolute atomic E-state index is 0.266. The van der Waals surface area contributed by atoms with Gasteiger partial charge in [0, 0.05) is 6.54 Å². The minimum atomic E-state index is -0.266. The molecular formula is C11H17NO. The molecule has 13 heavy (non-hydrogen) atoms. The van der Waals surface area contributed by atoms with Gasteiger partial charge in [-0.2, -0.15) is 0 Å². The Bertz CT molecular complexity index is 233. The summed E-state index contributed by atoms with van der Waals surface area (Å²) in [6, 6.07) is 10.1. The molecule has 2 nitrogen and oxygen atoms in total. The van der Waals surface area contributed by atoms with Gasteiger partial charge in [0.2, 0.25) is 0 Å². The predicted octanol–water partition coefficient (Wildman–Crippen LogP) is 1.15. The number of hydrogen-bond acceptors (Lipinski definition) is 2. The van der Waals surface area contributed by atoms with Crippen LogP contribution in [0.15, 0.2) is 30.3 Å². The summed E-state index contributed by atoms with van der Waals surface area (Å²) in [4.78, 5) is 1.99. The molecule has 0 amide bonds. The summed E-state index contributed by atoms with van der Waals surface area (Å²) in [5, 5.41) is 9.63. The molecule has 72 valence electrons. The average molecular weight is 179 g/mol. The summed E-state index contributed by atoms with van der Waals surface area (Å²) in [5.41, 5.74) is 1.19. The number of nitrogens with zero attached hydrogens (tertiary/aromatic N) is 1. The van der Waals surface area contributed by atoms with Gasteiger partial charge in [0.25, 0.3) is 0 Å². The third-order valence-corrected chi connectivity index (χ3v) is 1.89. The molecule has 0 aliphatic rings. The Morgan fingerprint density at radius 2 is 1.85 bits per heavy atom. The molecule has 0 bridgehead atoms. The summed E-state index contributed by atoms with van der Waals surface area (Å²) in [6.07, 6.45) is 0.469. The van der Waals surface area contributed by atoms with Crippen LogP contribution in [-0.4, -0.2) is 36.8 Å². The Hall–Kier alpha value is -0.860. The predicted molar refractivity (Wildman–Crippen MR) is 54.7 cm³/mol. The maximum absolute atomic E-state index is 9.63. The molecule has 1 aromatic rings. The van der Waals surface area contributed by atoms with Crippen LogP contribution in [0.3, 0.4) is 0 Å². The molecule has 0 aliphatic heterocycles. The molecule has 0 aliphatic carbocycles. The molecule has 0 fully saturated rings. The molecule has 0 spiro atoms. The van der Waals surface area contributed by atoms with Crippen LogP contribution in [0, 0.1) is 0 Å². The van der Waals surface area contributed by atoms with Crippen molar-refractivity contribution in [2.45, 2.75) is 12.5 Å². The summed E-state index contributed by atoms with van der Waals surface area (Å²) in [6.45, 7) is 0.717. The first kappa shape index (κ1) is 10.2. The maximum atomic E-state index is 9.63. The van der Waals surface area contributed by atoms with E-state index in [0.717, 1.165) is 13.0 Å². The third kappa shape index (κ3) is 4.06. The van der Waals surface area contributed by atoms with Crippen molar-refractivity contribution in [3.8, 4) is 0 Å². The number of hydrogen-bond donors (Lipinski definition) is 1. The van der Waals surface area contributed by atoms with Crippen LogP contribution in [-0.2, 0) is 6.42 Å². The summed E-state index contributed by atoms with van der Waals surface area (Å²) in [5.74, 6) is 0. The van der Waals surface area contributed by atoms with Gasteiger partial charge in [0.05, 0.1) is 6.10 Å². The highest BCUT2D eigenvalue weighted by Crippen LogP contribution is 2.03. The van der Waals surface area contributed by atoms with Gasteiger partial charge in [0.1, 0.15) is 0 Å². The monoisotopic (exact) mass is 179 g/mol. The lowest BCUT2D eigenvalue weighted by molar-refractivity contribution is 0.137. The molecule has 0 saturated carbocycles. The SMILES string of the molecule is CN(C)CC(O)Cc1ccccc1. The highest BCUT2D eigenvalue weighted by molar-refractivity contribution is 5.15. The highest BCUT2D eigenvalue weighted by atomic mass is 16.3. The van der Waals surface area contributed by atoms with Crippen LogP contribution in [0.4, 0.5) is 0 Å². The molecule has 0 radical (unpaired) electrons. The number of likely N-dealkylation sites (N-methyl/N-ethyl adjacent to an activating group) is 1. The third-order valence-electron chi connectivity index (χ3n) is 1.89. The summed E-state index contributed by atoms with van der Waals surface area (Å²) in [7, 11) is 3.93. The second kappa shape index (κ2) is 5.00. The van der Waals surface area contributed by atoms with Gasteiger partial charge >= 0.3 is 0 Å². The number of aliphatic hydroxyl groups is 1. The zero-order chi connectivity index (χ0) is 9.68. The van der Waals surface area contributed by atoms with Crippen molar-refractivity contribution in [2.24, 2.45) is 0 Å². The van der Waals surface area contributed by atoms with Gasteiger partial charge in [-0.3, -0.25) is 0 Å². The normalized spacial score (nSPS) is 13.2. The van der Waals surface area contributed by atoms with Crippen molar-refractivity contribution < 1.29 is 5.11 Å². The maximum Gasteiger partial charge on any atom is 0.0707 e. The van der Waals surface area contributed by atoms with Gasteiger partial charge in [0.15, 0.2) is 0 Å². The fraction of sp³-hybridized carbons (Fsp3) is 0.455. The molecule has 1 unspecified atom stereocenters. The first-order chi connectivity index (χ1) is 6.18. The van der Waals surface area contributed by atoms with Gasteiger partial charge < -0.3 is 10.0 Å². The quantitative estimate of drug-likeness (QED) is 0.749. The largest absolute Gasteiger partial charge is 0.391 e. The first-order valence-electron chi connectivity index (χ1n) is 4.55. The van der Waals surface area contributed by atoms with Crippen LogP contribution in [0.2, 0.25) is 0 Å². The molecule has 0 heterocycles. The molecule has 1 N–H and O–H groups in total. The molecule has 1 aromatic carbocycles. The lowest BCUT2D eigenvalue weighted by Gasteiger charge is -2.15. The Kier molecular flexibility index (Phi) is 3.93. The van der Waals surface area contributed by atoms with Crippen molar-refractivity contribution in [1.29, 1.82) is 0 Å². The van der Waals surface area contributed by atoms with E-state index in [1.807, 2.05) is 49.3 Å². The zero-order valence-corrected chi connectivity index (χ0v) is 8.27. The molecule has 2 heteroatoms. The van der Waals surface area contributed by atoms with Crippen molar-refractivity contribution >= 4 is 0 Å². The van der Waals surface area contributed by atoms with Crippen LogP contribution in [0.5, 0.6) is 0 Å². The molecular weight excluding hydrogens is 162 g/mol. The molecule has 0 aromatic heterocycles. The second-order valence-corrected chi connectivity index (χ2v) is 3.61. The standard InChI is InChI=1S/C11H17NO/c1-12(2)9-11(13)8-10-6-4-3-5-7-10/h3-7,11,13H,8-9H2,1-2H3. The number of rotatable bonds is 4. The van der Waals surface area contributed by atoms with Gasteiger partial charge in [-0.15, -0.1) is 0 Å². The van der Waals surface area contributed by atoms with E-state index in [9.17, 15) is 5.11 Å². The Labute approximate surface area is 79.8 Å². The minimum Gasteiger partial charge on any atom is -0.391 e. The lowest BCUT2D eigenvalue weighted by atomic mass is 10.1. The Morgan fingerprint density at radius 1 is 1.23 bits per heavy atom. The van der Waals surface area contributed by atoms with Gasteiger partial charge in [-0.25, -0.2) is 0 Å². The first-order valence-corrected chi connectivity index (χ1v) is 4.55. The number of benzene rings is 1. The van der Waals surface area contributed by atoms with Gasteiger partial charge in [-0.05, 0) is 26.1 Å². The fourth-order valence-corrected chi connectivity index (χ4v) is 1.37. The average Bonchev–Trinajstić information content (AvgIpc) is 2.04. The molecule has 0 saturated heterocycles. The van der Waals surface area contributed by atoms with E-state index in [1.54, 1.807) is 0 Å². The highest BCUT2D eigenvalue weighted by Gasteiger charge is 2.05. The lowest BCUT2D eigenvalue weighted by Crippen LogP contribution is -2.27. The van der Waals surface area contributed by atoms with Crippen LogP contribution >= 0.6 is 0 Å². The van der Waals surface area contributed by atoms with E-state index in [0.29, 0.717) is 0 Å². The van der Waals surface area contributed by atoms with Crippen LogP contribution in [0.25, 0.3) is 0 Å². The smallest absolute Gasteiger partial charge is 0.0707 e. The summed E-state index contributed by atoms with van der Waals surface area (Å²) < 4.78 is 0. The molecule has 1 rings (SSSR count). The van der Waals surface area contributed by atoms with E-state index >= 15 is 0 Å². The van der Waals surface area contributed by atoms with E-state index < -0.39 is 0 Å². The van der Waals surface area contributed by atoms with E-state index in [2.05, 4.69) is 0 Å². The topological polar surface area (TPSA) is 23.5 Å². The van der Waals surface area contributed by atoms with Crippen LogP contribution in [0.1, 0.15) is 5.56 Å². The summed E-state index contributed by atoms with van der Waals surface area (Å²) >= 11 is 0. The molecule has 1 atom stereocenters. The van der Waals surface area contributed by atoms with Crippen LogP contribution < -0.4 is 0 Å². The van der Waals surface area contributed by atoms with Crippen molar-refractivity contribution in [3.63, 3.8) is 0 Å². The van der Waals surface area contributed by atoms with Crippen molar-refractivity contribution in [1.82, 2.24) is 4.90 Å². The van der Waals surface area contributed by atoms with E-state index in [4.69, 9.17) is 0 Å². The van der Waals surface area contributed by atoms with E-state index in [-0.39, 0.29) is 6.10 Å². The zero-order valence-electron chi connectivity index (χ0n) is 8.27. The van der Waals surface area contributed by atoms with Crippen molar-refractivity contribution in [3.05, 3.63) is 35.9 Å². The van der Waals surface area contributed by atoms with E-state index in [1.165, 1.54) is 5.56 Å².